The van der Waals surface area contributed by atoms with E-state index in [1.807, 2.05) is 31.2 Å². The van der Waals surface area contributed by atoms with E-state index in [1.165, 1.54) is 16.8 Å². The number of nitrogens with zero attached hydrogens (tertiary/aromatic N) is 2. The molecule has 2 aliphatic heterocycles. The minimum Gasteiger partial charge on any atom is -0.493 e. The molecule has 2 aromatic rings. The van der Waals surface area contributed by atoms with E-state index >= 15 is 0 Å². The van der Waals surface area contributed by atoms with Crippen molar-refractivity contribution in [2.24, 2.45) is 0 Å². The number of hydrogen-bond acceptors (Lipinski definition) is 5. The summed E-state index contributed by atoms with van der Waals surface area (Å²) in [6.45, 7) is 7.26. The van der Waals surface area contributed by atoms with Crippen molar-refractivity contribution >= 4 is 11.6 Å². The lowest BCUT2D eigenvalue weighted by Crippen LogP contribution is -2.43. The lowest BCUT2D eigenvalue weighted by molar-refractivity contribution is 0.0162. The number of anilines is 1. The number of benzene rings is 2. The number of carbonyl (C=O) groups excluding carboxylic acids is 1. The van der Waals surface area contributed by atoms with Gasteiger partial charge in [-0.2, -0.15) is 0 Å². The maximum Gasteiger partial charge on any atom is 0.255 e. The second kappa shape index (κ2) is 9.49. The van der Waals surface area contributed by atoms with Crippen LogP contribution in [0.15, 0.2) is 42.5 Å². The van der Waals surface area contributed by atoms with E-state index < -0.39 is 0 Å². The van der Waals surface area contributed by atoms with Gasteiger partial charge in [-0.05, 0) is 42.7 Å². The van der Waals surface area contributed by atoms with E-state index in [0.717, 1.165) is 39.3 Å². The zero-order valence-corrected chi connectivity index (χ0v) is 17.9. The van der Waals surface area contributed by atoms with Crippen LogP contribution in [0, 0.1) is 0 Å². The lowest BCUT2D eigenvalue weighted by Gasteiger charge is -2.35. The fourth-order valence-electron chi connectivity index (χ4n) is 4.36. The van der Waals surface area contributed by atoms with Crippen molar-refractivity contribution in [3.8, 4) is 5.75 Å². The number of hydrogen-bond donors (Lipinski definition) is 1. The van der Waals surface area contributed by atoms with Crippen LogP contribution < -0.4 is 15.0 Å². The van der Waals surface area contributed by atoms with Crippen LogP contribution in [0.2, 0.25) is 0 Å². The summed E-state index contributed by atoms with van der Waals surface area (Å²) in [5.41, 5.74) is 4.54. The highest BCUT2D eigenvalue weighted by Crippen LogP contribution is 2.31. The molecule has 2 aliphatic rings. The van der Waals surface area contributed by atoms with Gasteiger partial charge in [-0.15, -0.1) is 0 Å². The molecule has 160 valence electrons. The van der Waals surface area contributed by atoms with Crippen LogP contribution in [0.3, 0.4) is 0 Å². The van der Waals surface area contributed by atoms with Crippen LogP contribution in [-0.2, 0) is 11.2 Å². The van der Waals surface area contributed by atoms with Gasteiger partial charge in [0.25, 0.3) is 5.91 Å². The number of rotatable bonds is 7. The average molecular weight is 410 g/mol. The Bertz CT molecular complexity index is 880. The molecule has 0 aromatic heterocycles. The Hall–Kier alpha value is -2.57. The molecule has 6 heteroatoms. The third-order valence-corrected chi connectivity index (χ3v) is 5.99. The first-order valence-corrected chi connectivity index (χ1v) is 10.8. The summed E-state index contributed by atoms with van der Waals surface area (Å²) >= 11 is 0. The van der Waals surface area contributed by atoms with Gasteiger partial charge in [-0.1, -0.05) is 24.3 Å². The predicted octanol–water partition coefficient (Wildman–Crippen LogP) is 2.88. The molecular formula is C24H31N3O3. The van der Waals surface area contributed by atoms with E-state index in [4.69, 9.17) is 9.47 Å². The van der Waals surface area contributed by atoms with Crippen LogP contribution in [0.25, 0.3) is 0 Å². The van der Waals surface area contributed by atoms with Gasteiger partial charge in [0.2, 0.25) is 0 Å². The number of para-hydroxylation sites is 1. The predicted molar refractivity (Wildman–Crippen MR) is 118 cm³/mol. The Balaban J connectivity index is 1.53. The van der Waals surface area contributed by atoms with E-state index in [-0.39, 0.29) is 11.9 Å². The monoisotopic (exact) mass is 409 g/mol. The van der Waals surface area contributed by atoms with E-state index in [9.17, 15) is 4.79 Å². The zero-order valence-electron chi connectivity index (χ0n) is 17.9. The van der Waals surface area contributed by atoms with Crippen LogP contribution in [0.1, 0.15) is 34.5 Å². The number of carbonyl (C=O) groups is 1. The highest BCUT2D eigenvalue weighted by atomic mass is 16.5. The smallest absolute Gasteiger partial charge is 0.255 e. The average Bonchev–Trinajstić information content (AvgIpc) is 3.15. The van der Waals surface area contributed by atoms with Crippen molar-refractivity contribution < 1.29 is 14.3 Å². The van der Waals surface area contributed by atoms with Gasteiger partial charge in [0.15, 0.2) is 0 Å². The number of amides is 1. The minimum absolute atomic E-state index is 0.0989. The summed E-state index contributed by atoms with van der Waals surface area (Å²) in [5, 5.41) is 3.16. The normalized spacial score (nSPS) is 17.5. The molecule has 1 saturated heterocycles. The largest absolute Gasteiger partial charge is 0.493 e. The van der Waals surface area contributed by atoms with Crippen molar-refractivity contribution in [1.29, 1.82) is 0 Å². The van der Waals surface area contributed by atoms with Crippen LogP contribution in [-0.4, -0.2) is 63.9 Å². The summed E-state index contributed by atoms with van der Waals surface area (Å²) in [5.74, 6) is 0.527. The third-order valence-electron chi connectivity index (χ3n) is 5.99. The Kier molecular flexibility index (Phi) is 6.55. The van der Waals surface area contributed by atoms with E-state index in [2.05, 4.69) is 40.4 Å². The maximum atomic E-state index is 12.9. The molecule has 0 bridgehead atoms. The van der Waals surface area contributed by atoms with Crippen LogP contribution >= 0.6 is 0 Å². The minimum atomic E-state index is -0.0989. The second-order valence-corrected chi connectivity index (χ2v) is 7.86. The molecule has 0 saturated carbocycles. The standard InChI is InChI=1S/C24H31N3O3/c1-3-30-23-7-5-4-6-20(23)24(28)25-17-22(27-12-14-29-15-13-27)18-8-9-21-19(16-18)10-11-26(21)2/h4-9,16,22H,3,10-15,17H2,1-2H3,(H,25,28)/t22-/m1/s1. The summed E-state index contributed by atoms with van der Waals surface area (Å²) < 4.78 is 11.2. The molecule has 1 amide bonds. The number of likely N-dealkylation sites (N-methyl/N-ethyl adjacent to an activating group) is 1. The van der Waals surface area contributed by atoms with Crippen LogP contribution in [0.5, 0.6) is 5.75 Å². The number of morpholine rings is 1. The lowest BCUT2D eigenvalue weighted by atomic mass is 10.00. The second-order valence-electron chi connectivity index (χ2n) is 7.86. The summed E-state index contributed by atoms with van der Waals surface area (Å²) in [7, 11) is 2.14. The van der Waals surface area contributed by atoms with Gasteiger partial charge in [0.05, 0.1) is 31.4 Å². The Labute approximate surface area is 178 Å². The van der Waals surface area contributed by atoms with Gasteiger partial charge < -0.3 is 19.7 Å². The molecular weight excluding hydrogens is 378 g/mol. The fourth-order valence-corrected chi connectivity index (χ4v) is 4.36. The highest BCUT2D eigenvalue weighted by Gasteiger charge is 2.26. The summed E-state index contributed by atoms with van der Waals surface area (Å²) in [4.78, 5) is 17.7. The van der Waals surface area contributed by atoms with Gasteiger partial charge in [-0.3, -0.25) is 9.69 Å². The van der Waals surface area contributed by atoms with Crippen LogP contribution in [0.4, 0.5) is 5.69 Å². The molecule has 0 radical (unpaired) electrons. The molecule has 6 nitrogen and oxygen atoms in total. The maximum absolute atomic E-state index is 12.9. The molecule has 1 N–H and O–H groups in total. The first-order chi connectivity index (χ1) is 14.7. The van der Waals surface area contributed by atoms with Crippen molar-refractivity contribution in [3.63, 3.8) is 0 Å². The molecule has 0 unspecified atom stereocenters. The topological polar surface area (TPSA) is 54.0 Å². The Morgan fingerprint density at radius 2 is 1.97 bits per heavy atom. The molecule has 2 heterocycles. The fraction of sp³-hybridized carbons (Fsp3) is 0.458. The van der Waals surface area contributed by atoms with Gasteiger partial charge in [-0.25, -0.2) is 0 Å². The number of fused-ring (bicyclic) bond motifs is 1. The van der Waals surface area contributed by atoms with Gasteiger partial charge in [0.1, 0.15) is 5.75 Å². The Morgan fingerprint density at radius 3 is 2.77 bits per heavy atom. The van der Waals surface area contributed by atoms with Crippen molar-refractivity contribution in [2.75, 3.05) is 57.9 Å². The number of nitrogens with one attached hydrogen (secondary N) is 1. The van der Waals surface area contributed by atoms with Crippen molar-refractivity contribution in [1.82, 2.24) is 10.2 Å². The third kappa shape index (κ3) is 4.45. The molecule has 0 aliphatic carbocycles. The highest BCUT2D eigenvalue weighted by molar-refractivity contribution is 5.96. The summed E-state index contributed by atoms with van der Waals surface area (Å²) in [6.07, 6.45) is 1.07. The summed E-state index contributed by atoms with van der Waals surface area (Å²) in [6, 6.07) is 14.3. The first kappa shape index (κ1) is 20.7. The number of ether oxygens (including phenoxy) is 2. The molecule has 30 heavy (non-hydrogen) atoms. The van der Waals surface area contributed by atoms with Crippen molar-refractivity contribution in [2.45, 2.75) is 19.4 Å². The van der Waals surface area contributed by atoms with Gasteiger partial charge >= 0.3 is 0 Å². The van der Waals surface area contributed by atoms with E-state index in [1.54, 1.807) is 0 Å². The zero-order chi connectivity index (χ0) is 20.9. The molecule has 1 atom stereocenters. The molecule has 1 fully saturated rings. The quantitative estimate of drug-likeness (QED) is 0.762. The van der Waals surface area contributed by atoms with E-state index in [0.29, 0.717) is 24.5 Å². The Morgan fingerprint density at radius 1 is 1.17 bits per heavy atom. The van der Waals surface area contributed by atoms with Gasteiger partial charge in [0, 0.05) is 38.9 Å². The molecule has 0 spiro atoms. The molecule has 2 aromatic carbocycles. The first-order valence-electron chi connectivity index (χ1n) is 10.8. The van der Waals surface area contributed by atoms with Crippen molar-refractivity contribution in [3.05, 3.63) is 59.2 Å². The SMILES string of the molecule is CCOc1ccccc1C(=O)NC[C@H](c1ccc2c(c1)CCN2C)N1CCOCC1. The molecule has 4 rings (SSSR count).